The minimum atomic E-state index is -0.483. The van der Waals surface area contributed by atoms with Crippen LogP contribution >= 0.6 is 0 Å². The van der Waals surface area contributed by atoms with Crippen molar-refractivity contribution >= 4 is 17.7 Å². The van der Waals surface area contributed by atoms with Gasteiger partial charge in [0, 0.05) is 32.4 Å². The first-order chi connectivity index (χ1) is 11.4. The van der Waals surface area contributed by atoms with E-state index in [1.54, 1.807) is 6.07 Å². The number of imide groups is 1. The van der Waals surface area contributed by atoms with Crippen LogP contribution in [0.3, 0.4) is 0 Å². The molecule has 1 heterocycles. The largest absolute Gasteiger partial charge is 0.488 e. The third-order valence-electron chi connectivity index (χ3n) is 3.57. The van der Waals surface area contributed by atoms with Crippen molar-refractivity contribution in [2.75, 3.05) is 6.54 Å². The van der Waals surface area contributed by atoms with Gasteiger partial charge in [-0.25, -0.2) is 4.39 Å². The second-order valence-electron chi connectivity index (χ2n) is 5.90. The summed E-state index contributed by atoms with van der Waals surface area (Å²) in [6.45, 7) is 3.87. The highest BCUT2D eigenvalue weighted by molar-refractivity contribution is 6.02. The maximum absolute atomic E-state index is 13.9. The van der Waals surface area contributed by atoms with Crippen LogP contribution < -0.4 is 10.1 Å². The van der Waals surface area contributed by atoms with E-state index in [4.69, 9.17) is 4.74 Å². The predicted octanol–water partition coefficient (Wildman–Crippen LogP) is 1.77. The number of ether oxygens (including phenoxy) is 1. The van der Waals surface area contributed by atoms with Crippen molar-refractivity contribution in [3.8, 4) is 5.75 Å². The summed E-state index contributed by atoms with van der Waals surface area (Å²) in [7, 11) is 0. The number of carbonyl (C=O) groups excluding carboxylic acids is 3. The molecule has 0 atom stereocenters. The summed E-state index contributed by atoms with van der Waals surface area (Å²) in [4.78, 5) is 35.8. The molecule has 0 spiro atoms. The van der Waals surface area contributed by atoms with Gasteiger partial charge in [-0.05, 0) is 31.5 Å². The van der Waals surface area contributed by atoms with E-state index in [1.165, 1.54) is 12.1 Å². The quantitative estimate of drug-likeness (QED) is 0.770. The zero-order chi connectivity index (χ0) is 17.7. The number of amides is 3. The van der Waals surface area contributed by atoms with E-state index in [0.717, 1.165) is 4.90 Å². The normalized spacial score (nSPS) is 14.4. The molecule has 7 heteroatoms. The van der Waals surface area contributed by atoms with Crippen LogP contribution in [-0.2, 0) is 20.9 Å². The van der Waals surface area contributed by atoms with Crippen molar-refractivity contribution in [1.82, 2.24) is 10.2 Å². The Hall–Kier alpha value is -2.44. The lowest BCUT2D eigenvalue weighted by Crippen LogP contribution is -2.34. The van der Waals surface area contributed by atoms with Gasteiger partial charge in [0.05, 0.1) is 6.10 Å². The van der Waals surface area contributed by atoms with Gasteiger partial charge in [-0.1, -0.05) is 6.07 Å². The molecule has 0 aliphatic carbocycles. The van der Waals surface area contributed by atoms with Crippen molar-refractivity contribution < 1.29 is 23.5 Å². The average molecular weight is 336 g/mol. The first-order valence-electron chi connectivity index (χ1n) is 7.92. The number of rotatable bonds is 7. The Morgan fingerprint density at radius 2 is 1.96 bits per heavy atom. The number of nitrogens with one attached hydrogen (secondary N) is 1. The Morgan fingerprint density at radius 1 is 1.29 bits per heavy atom. The Morgan fingerprint density at radius 3 is 2.54 bits per heavy atom. The summed E-state index contributed by atoms with van der Waals surface area (Å²) in [6, 6.07) is 4.51. The standard InChI is InChI=1S/C17H21FN2O4/c1-11(2)24-14-4-3-12(9-13(14)18)10-19-15(21)7-8-20-16(22)5-6-17(20)23/h3-4,9,11H,5-8,10H2,1-2H3,(H,19,21). The summed E-state index contributed by atoms with van der Waals surface area (Å²) >= 11 is 0. The highest BCUT2D eigenvalue weighted by Gasteiger charge is 2.28. The maximum Gasteiger partial charge on any atom is 0.229 e. The van der Waals surface area contributed by atoms with Gasteiger partial charge in [0.15, 0.2) is 11.6 Å². The average Bonchev–Trinajstić information content (AvgIpc) is 2.84. The van der Waals surface area contributed by atoms with E-state index in [9.17, 15) is 18.8 Å². The van der Waals surface area contributed by atoms with Gasteiger partial charge in [0.1, 0.15) is 0 Å². The fourth-order valence-electron chi connectivity index (χ4n) is 2.38. The summed E-state index contributed by atoms with van der Waals surface area (Å²) < 4.78 is 19.2. The van der Waals surface area contributed by atoms with Gasteiger partial charge in [-0.3, -0.25) is 19.3 Å². The number of nitrogens with zero attached hydrogens (tertiary/aromatic N) is 1. The number of hydrogen-bond donors (Lipinski definition) is 1. The van der Waals surface area contributed by atoms with Gasteiger partial charge in [-0.2, -0.15) is 0 Å². The second-order valence-corrected chi connectivity index (χ2v) is 5.90. The lowest BCUT2D eigenvalue weighted by molar-refractivity contribution is -0.138. The number of carbonyl (C=O) groups is 3. The van der Waals surface area contributed by atoms with Crippen LogP contribution in [0.2, 0.25) is 0 Å². The summed E-state index contributed by atoms with van der Waals surface area (Å²) in [5, 5.41) is 2.64. The number of halogens is 1. The summed E-state index contributed by atoms with van der Waals surface area (Å²) in [5.41, 5.74) is 0.602. The zero-order valence-corrected chi connectivity index (χ0v) is 13.8. The third-order valence-corrected chi connectivity index (χ3v) is 3.57. The molecule has 0 aromatic heterocycles. The molecule has 3 amide bonds. The molecule has 0 saturated carbocycles. The molecule has 0 bridgehead atoms. The lowest BCUT2D eigenvalue weighted by atomic mass is 10.2. The van der Waals surface area contributed by atoms with Crippen LogP contribution in [-0.4, -0.2) is 35.3 Å². The van der Waals surface area contributed by atoms with Gasteiger partial charge in [0.25, 0.3) is 0 Å². The number of benzene rings is 1. The molecule has 0 unspecified atom stereocenters. The molecule has 1 saturated heterocycles. The molecular weight excluding hydrogens is 315 g/mol. The molecule has 0 radical (unpaired) electrons. The van der Waals surface area contributed by atoms with Crippen LogP contribution in [0.5, 0.6) is 5.75 Å². The van der Waals surface area contributed by atoms with Crippen LogP contribution in [0.15, 0.2) is 18.2 Å². The molecule has 1 aliphatic rings. The fraction of sp³-hybridized carbons (Fsp3) is 0.471. The van der Waals surface area contributed by atoms with E-state index in [0.29, 0.717) is 5.56 Å². The van der Waals surface area contributed by atoms with E-state index >= 15 is 0 Å². The van der Waals surface area contributed by atoms with Crippen LogP contribution in [0.4, 0.5) is 4.39 Å². The molecule has 130 valence electrons. The predicted molar refractivity (Wildman–Crippen MR) is 84.6 cm³/mol. The Balaban J connectivity index is 1.80. The SMILES string of the molecule is CC(C)Oc1ccc(CNC(=O)CCN2C(=O)CCC2=O)cc1F. The molecule has 6 nitrogen and oxygen atoms in total. The molecule has 1 aliphatic heterocycles. The van der Waals surface area contributed by atoms with Crippen molar-refractivity contribution in [2.45, 2.75) is 45.8 Å². The van der Waals surface area contributed by atoms with Crippen LogP contribution in [0.25, 0.3) is 0 Å². The molecule has 24 heavy (non-hydrogen) atoms. The summed E-state index contributed by atoms with van der Waals surface area (Å²) in [6.07, 6.45) is 0.338. The molecule has 1 aromatic carbocycles. The van der Waals surface area contributed by atoms with E-state index in [-0.39, 0.29) is 61.9 Å². The van der Waals surface area contributed by atoms with Crippen molar-refractivity contribution in [1.29, 1.82) is 0 Å². The van der Waals surface area contributed by atoms with E-state index < -0.39 is 5.82 Å². The lowest BCUT2D eigenvalue weighted by Gasteiger charge is -2.14. The highest BCUT2D eigenvalue weighted by atomic mass is 19.1. The monoisotopic (exact) mass is 336 g/mol. The molecule has 1 N–H and O–H groups in total. The topological polar surface area (TPSA) is 75.7 Å². The second kappa shape index (κ2) is 7.90. The molecular formula is C17H21FN2O4. The number of hydrogen-bond acceptors (Lipinski definition) is 4. The minimum absolute atomic E-state index is 0.0362. The number of likely N-dealkylation sites (tertiary alicyclic amines) is 1. The molecule has 1 fully saturated rings. The first kappa shape index (κ1) is 17.9. The Labute approximate surface area is 140 Å². The Bertz CT molecular complexity index is 629. The van der Waals surface area contributed by atoms with Crippen LogP contribution in [0, 0.1) is 5.82 Å². The zero-order valence-electron chi connectivity index (χ0n) is 13.8. The van der Waals surface area contributed by atoms with Crippen molar-refractivity contribution in [3.63, 3.8) is 0 Å². The van der Waals surface area contributed by atoms with Gasteiger partial charge in [-0.15, -0.1) is 0 Å². The maximum atomic E-state index is 13.9. The highest BCUT2D eigenvalue weighted by Crippen LogP contribution is 2.19. The molecule has 1 aromatic rings. The Kier molecular flexibility index (Phi) is 5.89. The fourth-order valence-corrected chi connectivity index (χ4v) is 2.38. The van der Waals surface area contributed by atoms with Crippen LogP contribution in [0.1, 0.15) is 38.7 Å². The smallest absolute Gasteiger partial charge is 0.229 e. The van der Waals surface area contributed by atoms with Crippen molar-refractivity contribution in [2.24, 2.45) is 0 Å². The summed E-state index contributed by atoms with van der Waals surface area (Å²) in [5.74, 6) is -1.09. The van der Waals surface area contributed by atoms with Gasteiger partial charge >= 0.3 is 0 Å². The molecule has 2 rings (SSSR count). The van der Waals surface area contributed by atoms with E-state index in [2.05, 4.69) is 5.32 Å². The van der Waals surface area contributed by atoms with Gasteiger partial charge in [0.2, 0.25) is 17.7 Å². The van der Waals surface area contributed by atoms with Gasteiger partial charge < -0.3 is 10.1 Å². The van der Waals surface area contributed by atoms with Crippen molar-refractivity contribution in [3.05, 3.63) is 29.6 Å². The third kappa shape index (κ3) is 4.78. The minimum Gasteiger partial charge on any atom is -0.488 e. The first-order valence-corrected chi connectivity index (χ1v) is 7.92. The van der Waals surface area contributed by atoms with E-state index in [1.807, 2.05) is 13.8 Å².